The highest BCUT2D eigenvalue weighted by atomic mass is 19.1. The zero-order valence-electron chi connectivity index (χ0n) is 10.5. The Labute approximate surface area is 114 Å². The van der Waals surface area contributed by atoms with E-state index in [0.717, 1.165) is 12.1 Å². The second kappa shape index (κ2) is 5.75. The number of rotatable bonds is 3. The third kappa shape index (κ3) is 2.87. The number of nitrogens with one attached hydrogen (secondary N) is 2. The molecule has 0 radical (unpaired) electrons. The Bertz CT molecular complexity index is 678. The predicted molar refractivity (Wildman–Crippen MR) is 70.6 cm³/mol. The second-order valence-electron chi connectivity index (χ2n) is 3.79. The van der Waals surface area contributed by atoms with Gasteiger partial charge in [0.25, 0.3) is 5.91 Å². The maximum Gasteiger partial charge on any atom is 0.275 e. The highest BCUT2D eigenvalue weighted by molar-refractivity contribution is 6.03. The van der Waals surface area contributed by atoms with Crippen molar-refractivity contribution >= 4 is 17.4 Å². The first-order chi connectivity index (χ1) is 9.63. The highest BCUT2D eigenvalue weighted by Gasteiger charge is 2.11. The van der Waals surface area contributed by atoms with Gasteiger partial charge in [-0.2, -0.15) is 5.26 Å². The first kappa shape index (κ1) is 13.4. The summed E-state index contributed by atoms with van der Waals surface area (Å²) in [5.41, 5.74) is 0.355. The summed E-state index contributed by atoms with van der Waals surface area (Å²) in [6.45, 7) is 0. The zero-order chi connectivity index (χ0) is 14.5. The van der Waals surface area contributed by atoms with Gasteiger partial charge in [0, 0.05) is 7.05 Å². The molecule has 1 heterocycles. The number of hydrogen-bond donors (Lipinski definition) is 2. The maximum atomic E-state index is 13.0. The molecule has 2 N–H and O–H groups in total. The Hall–Kier alpha value is -3.01. The van der Waals surface area contributed by atoms with Crippen molar-refractivity contribution in [3.63, 3.8) is 0 Å². The number of amides is 1. The van der Waals surface area contributed by atoms with Crippen LogP contribution in [-0.4, -0.2) is 22.9 Å². The Morgan fingerprint density at radius 2 is 2.15 bits per heavy atom. The summed E-state index contributed by atoms with van der Waals surface area (Å²) in [6.07, 6.45) is 2.71. The van der Waals surface area contributed by atoms with Crippen molar-refractivity contribution in [3.8, 4) is 6.07 Å². The highest BCUT2D eigenvalue weighted by Crippen LogP contribution is 2.16. The third-order valence-corrected chi connectivity index (χ3v) is 2.49. The van der Waals surface area contributed by atoms with Gasteiger partial charge in [-0.1, -0.05) is 0 Å². The van der Waals surface area contributed by atoms with Crippen LogP contribution in [0.1, 0.15) is 16.1 Å². The van der Waals surface area contributed by atoms with Gasteiger partial charge in [0.2, 0.25) is 0 Å². The molecule has 2 rings (SSSR count). The lowest BCUT2D eigenvalue weighted by Gasteiger charge is -2.06. The lowest BCUT2D eigenvalue weighted by Crippen LogP contribution is -2.15. The first-order valence-corrected chi connectivity index (χ1v) is 5.65. The van der Waals surface area contributed by atoms with Crippen molar-refractivity contribution in [1.82, 2.24) is 9.97 Å². The molecule has 0 aliphatic heterocycles. The standard InChI is InChI=1S/C13H10FN5O/c1-16-12-7-17-11(6-18-12)13(20)19-10-3-2-9(14)4-8(10)5-15/h2-4,6-7H,1H3,(H,16,18)(H,19,20). The van der Waals surface area contributed by atoms with Gasteiger partial charge in [0.15, 0.2) is 0 Å². The van der Waals surface area contributed by atoms with Crippen LogP contribution in [0.25, 0.3) is 0 Å². The van der Waals surface area contributed by atoms with Crippen molar-refractivity contribution in [2.45, 2.75) is 0 Å². The molecule has 2 aromatic rings. The molecule has 0 unspecified atom stereocenters. The average Bonchev–Trinajstić information content (AvgIpc) is 2.49. The summed E-state index contributed by atoms with van der Waals surface area (Å²) in [6, 6.07) is 5.34. The average molecular weight is 271 g/mol. The Kier molecular flexibility index (Phi) is 3.86. The predicted octanol–water partition coefficient (Wildman–Crippen LogP) is 1.78. The van der Waals surface area contributed by atoms with Crippen molar-refractivity contribution in [2.24, 2.45) is 0 Å². The van der Waals surface area contributed by atoms with E-state index >= 15 is 0 Å². The number of carbonyl (C=O) groups excluding carboxylic acids is 1. The van der Waals surface area contributed by atoms with Gasteiger partial charge >= 0.3 is 0 Å². The fourth-order valence-corrected chi connectivity index (χ4v) is 1.48. The third-order valence-electron chi connectivity index (χ3n) is 2.49. The molecule has 0 fully saturated rings. The van der Waals surface area contributed by atoms with E-state index in [2.05, 4.69) is 20.6 Å². The van der Waals surface area contributed by atoms with Gasteiger partial charge in [0.1, 0.15) is 23.4 Å². The number of benzene rings is 1. The molecule has 1 aromatic heterocycles. The normalized spacial score (nSPS) is 9.65. The number of nitrogens with zero attached hydrogens (tertiary/aromatic N) is 3. The van der Waals surface area contributed by atoms with Crippen molar-refractivity contribution < 1.29 is 9.18 Å². The molecule has 0 saturated carbocycles. The fourth-order valence-electron chi connectivity index (χ4n) is 1.48. The SMILES string of the molecule is CNc1cnc(C(=O)Nc2ccc(F)cc2C#N)cn1. The lowest BCUT2D eigenvalue weighted by atomic mass is 10.2. The van der Waals surface area contributed by atoms with Crippen molar-refractivity contribution in [3.05, 3.63) is 47.7 Å². The summed E-state index contributed by atoms with van der Waals surface area (Å²) in [4.78, 5) is 19.8. The minimum atomic E-state index is -0.544. The second-order valence-corrected chi connectivity index (χ2v) is 3.79. The number of halogens is 1. The van der Waals surface area contributed by atoms with Gasteiger partial charge in [-0.15, -0.1) is 0 Å². The molecular weight excluding hydrogens is 261 g/mol. The minimum Gasteiger partial charge on any atom is -0.372 e. The minimum absolute atomic E-state index is 0.0400. The van der Waals surface area contributed by atoms with E-state index in [4.69, 9.17) is 5.26 Å². The number of carbonyl (C=O) groups is 1. The van der Waals surface area contributed by atoms with E-state index < -0.39 is 11.7 Å². The summed E-state index contributed by atoms with van der Waals surface area (Å²) in [7, 11) is 1.68. The van der Waals surface area contributed by atoms with E-state index in [0.29, 0.717) is 5.82 Å². The van der Waals surface area contributed by atoms with Gasteiger partial charge in [-0.05, 0) is 18.2 Å². The summed E-state index contributed by atoms with van der Waals surface area (Å²) in [5, 5.41) is 14.2. The number of nitriles is 1. The van der Waals surface area contributed by atoms with Gasteiger partial charge < -0.3 is 10.6 Å². The number of hydrogen-bond acceptors (Lipinski definition) is 5. The van der Waals surface area contributed by atoms with Crippen LogP contribution in [0.3, 0.4) is 0 Å². The summed E-state index contributed by atoms with van der Waals surface area (Å²) < 4.78 is 13.0. The smallest absolute Gasteiger partial charge is 0.275 e. The van der Waals surface area contributed by atoms with Crippen LogP contribution in [0.15, 0.2) is 30.6 Å². The molecule has 0 bridgehead atoms. The molecule has 1 amide bonds. The molecule has 0 aliphatic rings. The number of anilines is 2. The monoisotopic (exact) mass is 271 g/mol. The number of aromatic nitrogens is 2. The van der Waals surface area contributed by atoms with Crippen LogP contribution in [0.5, 0.6) is 0 Å². The van der Waals surface area contributed by atoms with E-state index in [9.17, 15) is 9.18 Å². The Morgan fingerprint density at radius 1 is 1.35 bits per heavy atom. The fraction of sp³-hybridized carbons (Fsp3) is 0.0769. The molecule has 7 heteroatoms. The van der Waals surface area contributed by atoms with Gasteiger partial charge in [-0.3, -0.25) is 4.79 Å². The van der Waals surface area contributed by atoms with E-state index in [1.807, 2.05) is 6.07 Å². The Morgan fingerprint density at radius 3 is 2.75 bits per heavy atom. The molecule has 0 saturated heterocycles. The molecule has 6 nitrogen and oxygen atoms in total. The van der Waals surface area contributed by atoms with E-state index in [1.54, 1.807) is 7.05 Å². The molecule has 1 aromatic carbocycles. The van der Waals surface area contributed by atoms with Crippen LogP contribution < -0.4 is 10.6 Å². The topological polar surface area (TPSA) is 90.7 Å². The quantitative estimate of drug-likeness (QED) is 0.888. The maximum absolute atomic E-state index is 13.0. The van der Waals surface area contributed by atoms with Crippen LogP contribution in [0, 0.1) is 17.1 Å². The molecule has 20 heavy (non-hydrogen) atoms. The first-order valence-electron chi connectivity index (χ1n) is 5.65. The lowest BCUT2D eigenvalue weighted by molar-refractivity contribution is 0.102. The summed E-state index contributed by atoms with van der Waals surface area (Å²) >= 11 is 0. The van der Waals surface area contributed by atoms with Crippen LogP contribution in [-0.2, 0) is 0 Å². The molecule has 0 atom stereocenters. The van der Waals surface area contributed by atoms with E-state index in [1.165, 1.54) is 18.5 Å². The van der Waals surface area contributed by atoms with E-state index in [-0.39, 0.29) is 16.9 Å². The van der Waals surface area contributed by atoms with Crippen LogP contribution >= 0.6 is 0 Å². The van der Waals surface area contributed by atoms with Crippen LogP contribution in [0.2, 0.25) is 0 Å². The summed E-state index contributed by atoms with van der Waals surface area (Å²) in [5.74, 6) is -0.540. The largest absolute Gasteiger partial charge is 0.372 e. The van der Waals surface area contributed by atoms with Crippen molar-refractivity contribution in [2.75, 3.05) is 17.7 Å². The molecule has 0 aliphatic carbocycles. The van der Waals surface area contributed by atoms with Gasteiger partial charge in [-0.25, -0.2) is 14.4 Å². The molecule has 0 spiro atoms. The Balaban J connectivity index is 2.21. The molecule has 100 valence electrons. The van der Waals surface area contributed by atoms with Crippen LogP contribution in [0.4, 0.5) is 15.9 Å². The molecular formula is C13H10FN5O. The van der Waals surface area contributed by atoms with Gasteiger partial charge in [0.05, 0.1) is 23.6 Å². The van der Waals surface area contributed by atoms with Crippen molar-refractivity contribution in [1.29, 1.82) is 5.26 Å². The zero-order valence-corrected chi connectivity index (χ0v) is 10.5.